The maximum absolute atomic E-state index is 4.46. The number of hydrogen-bond donors (Lipinski definition) is 1. The highest BCUT2D eigenvalue weighted by Gasteiger charge is 2.15. The van der Waals surface area contributed by atoms with Gasteiger partial charge < -0.3 is 9.88 Å². The number of aryl methyl sites for hydroxylation is 1. The van der Waals surface area contributed by atoms with Crippen molar-refractivity contribution < 1.29 is 0 Å². The van der Waals surface area contributed by atoms with E-state index in [-0.39, 0.29) is 0 Å². The highest BCUT2D eigenvalue weighted by Crippen LogP contribution is 2.16. The van der Waals surface area contributed by atoms with Crippen molar-refractivity contribution in [1.82, 2.24) is 14.9 Å². The first kappa shape index (κ1) is 9.85. The molecule has 3 heteroatoms. The van der Waals surface area contributed by atoms with E-state index in [1.54, 1.807) is 0 Å². The van der Waals surface area contributed by atoms with Gasteiger partial charge in [-0.05, 0) is 44.0 Å². The van der Waals surface area contributed by atoms with Crippen molar-refractivity contribution in [2.75, 3.05) is 6.54 Å². The SMILES string of the molecule is Cc1ccc2c(c1)ncn2CC1CCCN1. The molecule has 0 spiro atoms. The molecule has 1 aliphatic rings. The van der Waals surface area contributed by atoms with Crippen molar-refractivity contribution in [3.63, 3.8) is 0 Å². The Labute approximate surface area is 95.5 Å². The van der Waals surface area contributed by atoms with Gasteiger partial charge >= 0.3 is 0 Å². The summed E-state index contributed by atoms with van der Waals surface area (Å²) in [7, 11) is 0. The van der Waals surface area contributed by atoms with E-state index in [0.717, 1.165) is 18.6 Å². The monoisotopic (exact) mass is 215 g/mol. The van der Waals surface area contributed by atoms with Gasteiger partial charge in [-0.2, -0.15) is 0 Å². The maximum atomic E-state index is 4.46. The Morgan fingerprint density at radius 2 is 2.44 bits per heavy atom. The molecule has 0 saturated carbocycles. The van der Waals surface area contributed by atoms with Gasteiger partial charge in [0.15, 0.2) is 0 Å². The molecule has 1 atom stereocenters. The fourth-order valence-corrected chi connectivity index (χ4v) is 2.47. The lowest BCUT2D eigenvalue weighted by atomic mass is 10.2. The third-order valence-corrected chi connectivity index (χ3v) is 3.36. The summed E-state index contributed by atoms with van der Waals surface area (Å²) in [5.41, 5.74) is 3.63. The molecule has 3 rings (SSSR count). The Morgan fingerprint density at radius 3 is 3.25 bits per heavy atom. The van der Waals surface area contributed by atoms with Crippen LogP contribution in [0, 0.1) is 6.92 Å². The molecular formula is C13H17N3. The zero-order valence-corrected chi connectivity index (χ0v) is 9.61. The third-order valence-electron chi connectivity index (χ3n) is 3.36. The fraction of sp³-hybridized carbons (Fsp3) is 0.462. The number of benzene rings is 1. The number of rotatable bonds is 2. The summed E-state index contributed by atoms with van der Waals surface area (Å²) in [6.07, 6.45) is 4.55. The number of hydrogen-bond acceptors (Lipinski definition) is 2. The predicted molar refractivity (Wildman–Crippen MR) is 65.5 cm³/mol. The number of nitrogens with zero attached hydrogens (tertiary/aromatic N) is 2. The van der Waals surface area contributed by atoms with E-state index in [2.05, 4.69) is 40.0 Å². The Hall–Kier alpha value is -1.35. The highest BCUT2D eigenvalue weighted by atomic mass is 15.1. The Balaban J connectivity index is 1.91. The van der Waals surface area contributed by atoms with E-state index < -0.39 is 0 Å². The minimum atomic E-state index is 0.624. The topological polar surface area (TPSA) is 29.9 Å². The van der Waals surface area contributed by atoms with Gasteiger partial charge in [0.2, 0.25) is 0 Å². The van der Waals surface area contributed by atoms with Crippen LogP contribution < -0.4 is 5.32 Å². The Kier molecular flexibility index (Phi) is 2.40. The van der Waals surface area contributed by atoms with Gasteiger partial charge in [-0.25, -0.2) is 4.98 Å². The lowest BCUT2D eigenvalue weighted by Crippen LogP contribution is -2.26. The van der Waals surface area contributed by atoms with E-state index in [4.69, 9.17) is 0 Å². The fourth-order valence-electron chi connectivity index (χ4n) is 2.47. The molecule has 2 aromatic rings. The highest BCUT2D eigenvalue weighted by molar-refractivity contribution is 5.75. The molecule has 16 heavy (non-hydrogen) atoms. The van der Waals surface area contributed by atoms with Crippen molar-refractivity contribution in [2.45, 2.75) is 32.4 Å². The van der Waals surface area contributed by atoms with Crippen LogP contribution >= 0.6 is 0 Å². The molecule has 2 heterocycles. The minimum Gasteiger partial charge on any atom is -0.329 e. The molecule has 0 bridgehead atoms. The zero-order chi connectivity index (χ0) is 11.0. The standard InChI is InChI=1S/C13H17N3/c1-10-4-5-13-12(7-10)15-9-16(13)8-11-3-2-6-14-11/h4-5,7,9,11,14H,2-3,6,8H2,1H3. The average Bonchev–Trinajstić information content (AvgIpc) is 2.89. The van der Waals surface area contributed by atoms with Gasteiger partial charge in [-0.1, -0.05) is 6.07 Å². The summed E-state index contributed by atoms with van der Waals surface area (Å²) in [5, 5.41) is 3.52. The van der Waals surface area contributed by atoms with E-state index >= 15 is 0 Å². The van der Waals surface area contributed by atoms with E-state index in [1.165, 1.54) is 23.9 Å². The molecule has 1 aromatic carbocycles. The van der Waals surface area contributed by atoms with Crippen molar-refractivity contribution in [3.8, 4) is 0 Å². The van der Waals surface area contributed by atoms with Gasteiger partial charge in [-0.15, -0.1) is 0 Å². The second-order valence-electron chi connectivity index (χ2n) is 4.68. The molecule has 1 fully saturated rings. The molecular weight excluding hydrogens is 198 g/mol. The third kappa shape index (κ3) is 1.71. The van der Waals surface area contributed by atoms with Gasteiger partial charge in [0, 0.05) is 12.6 Å². The molecule has 1 aromatic heterocycles. The van der Waals surface area contributed by atoms with Gasteiger partial charge in [0.1, 0.15) is 0 Å². The van der Waals surface area contributed by atoms with Crippen molar-refractivity contribution >= 4 is 11.0 Å². The molecule has 0 amide bonds. The molecule has 84 valence electrons. The van der Waals surface area contributed by atoms with E-state index in [0.29, 0.717) is 6.04 Å². The van der Waals surface area contributed by atoms with Crippen LogP contribution in [0.15, 0.2) is 24.5 Å². The predicted octanol–water partition coefficient (Wildman–Crippen LogP) is 2.10. The molecule has 1 N–H and O–H groups in total. The second-order valence-corrected chi connectivity index (χ2v) is 4.68. The number of imidazole rings is 1. The first-order chi connectivity index (χ1) is 7.83. The lowest BCUT2D eigenvalue weighted by molar-refractivity contribution is 0.517. The van der Waals surface area contributed by atoms with Crippen LogP contribution in [0.25, 0.3) is 11.0 Å². The van der Waals surface area contributed by atoms with Crippen LogP contribution in [0.4, 0.5) is 0 Å². The Morgan fingerprint density at radius 1 is 1.50 bits per heavy atom. The summed E-state index contributed by atoms with van der Waals surface area (Å²) in [6.45, 7) is 4.31. The molecule has 1 aliphatic heterocycles. The normalized spacial score (nSPS) is 20.7. The van der Waals surface area contributed by atoms with E-state index in [9.17, 15) is 0 Å². The van der Waals surface area contributed by atoms with Crippen LogP contribution in [0.5, 0.6) is 0 Å². The first-order valence-electron chi connectivity index (χ1n) is 5.98. The van der Waals surface area contributed by atoms with Crippen LogP contribution in [0.2, 0.25) is 0 Å². The Bertz CT molecular complexity index is 495. The summed E-state index contributed by atoms with van der Waals surface area (Å²) < 4.78 is 2.26. The van der Waals surface area contributed by atoms with Crippen molar-refractivity contribution in [1.29, 1.82) is 0 Å². The van der Waals surface area contributed by atoms with Gasteiger partial charge in [0.25, 0.3) is 0 Å². The molecule has 0 radical (unpaired) electrons. The summed E-state index contributed by atoms with van der Waals surface area (Å²) in [5.74, 6) is 0. The molecule has 1 saturated heterocycles. The second kappa shape index (κ2) is 3.91. The zero-order valence-electron chi connectivity index (χ0n) is 9.61. The van der Waals surface area contributed by atoms with E-state index in [1.807, 2.05) is 6.33 Å². The molecule has 0 aliphatic carbocycles. The quantitative estimate of drug-likeness (QED) is 0.831. The molecule has 3 nitrogen and oxygen atoms in total. The minimum absolute atomic E-state index is 0.624. The maximum Gasteiger partial charge on any atom is 0.0958 e. The van der Waals surface area contributed by atoms with Crippen molar-refractivity contribution in [2.24, 2.45) is 0 Å². The average molecular weight is 215 g/mol. The largest absolute Gasteiger partial charge is 0.329 e. The van der Waals surface area contributed by atoms with Crippen LogP contribution in [0.3, 0.4) is 0 Å². The van der Waals surface area contributed by atoms with Crippen LogP contribution in [-0.2, 0) is 6.54 Å². The summed E-state index contributed by atoms with van der Waals surface area (Å²) in [4.78, 5) is 4.46. The van der Waals surface area contributed by atoms with Crippen molar-refractivity contribution in [3.05, 3.63) is 30.1 Å². The number of aromatic nitrogens is 2. The van der Waals surface area contributed by atoms with Crippen LogP contribution in [-0.4, -0.2) is 22.1 Å². The summed E-state index contributed by atoms with van der Waals surface area (Å²) >= 11 is 0. The molecule has 1 unspecified atom stereocenters. The number of fused-ring (bicyclic) bond motifs is 1. The smallest absolute Gasteiger partial charge is 0.0958 e. The van der Waals surface area contributed by atoms with Gasteiger partial charge in [-0.3, -0.25) is 0 Å². The number of nitrogens with one attached hydrogen (secondary N) is 1. The first-order valence-corrected chi connectivity index (χ1v) is 5.98. The lowest BCUT2D eigenvalue weighted by Gasteiger charge is -2.11. The summed E-state index contributed by atoms with van der Waals surface area (Å²) in [6, 6.07) is 7.10. The van der Waals surface area contributed by atoms with Gasteiger partial charge in [0.05, 0.1) is 17.4 Å². The van der Waals surface area contributed by atoms with Crippen LogP contribution in [0.1, 0.15) is 18.4 Å².